The number of ether oxygens (including phenoxy) is 1. The Morgan fingerprint density at radius 1 is 1.12 bits per heavy atom. The molecule has 1 N–H and O–H groups in total. The van der Waals surface area contributed by atoms with Crippen LogP contribution in [0.15, 0.2) is 5.11 Å². The molecule has 0 amide bonds. The Labute approximate surface area is 102 Å². The molecule has 0 spiro atoms. The van der Waals surface area contributed by atoms with E-state index < -0.39 is 6.10 Å². The van der Waals surface area contributed by atoms with Crippen molar-refractivity contribution in [1.29, 1.82) is 0 Å². The van der Waals surface area contributed by atoms with Crippen molar-refractivity contribution < 1.29 is 9.84 Å². The molecule has 0 bridgehead atoms. The monoisotopic (exact) mass is 239 g/mol. The fourth-order valence-electron chi connectivity index (χ4n) is 2.91. The second-order valence-electron chi connectivity index (χ2n) is 5.71. The zero-order valence-electron chi connectivity index (χ0n) is 10.5. The Morgan fingerprint density at radius 3 is 2.06 bits per heavy atom. The fraction of sp³-hybridized carbons (Fsp3) is 1.00. The molecule has 1 aliphatic heterocycles. The zero-order chi connectivity index (χ0) is 12.4. The first-order valence-corrected chi connectivity index (χ1v) is 6.48. The number of fused-ring (bicyclic) bond motifs is 1. The quantitative estimate of drug-likeness (QED) is 0.330. The van der Waals surface area contributed by atoms with Crippen LogP contribution in [0.4, 0.5) is 0 Å². The van der Waals surface area contributed by atoms with Gasteiger partial charge in [0.15, 0.2) is 0 Å². The van der Waals surface area contributed by atoms with E-state index in [9.17, 15) is 5.11 Å². The van der Waals surface area contributed by atoms with Crippen LogP contribution in [0.5, 0.6) is 0 Å². The summed E-state index contributed by atoms with van der Waals surface area (Å²) in [4.78, 5) is 2.67. The SMILES string of the molecule is CC1C[C@@H]2O[C@@H]2C1.C[C@@H]1C[C@H](N=[N+]=[N-])[C@@H](O)C1. The highest BCUT2D eigenvalue weighted by atomic mass is 16.6. The maximum Gasteiger partial charge on any atom is 0.0844 e. The minimum Gasteiger partial charge on any atom is -0.393 e. The number of hydrogen-bond acceptors (Lipinski definition) is 3. The Morgan fingerprint density at radius 2 is 1.71 bits per heavy atom. The van der Waals surface area contributed by atoms with E-state index in [1.54, 1.807) is 0 Å². The van der Waals surface area contributed by atoms with Gasteiger partial charge in [0.25, 0.3) is 0 Å². The van der Waals surface area contributed by atoms with Crippen molar-refractivity contribution in [3.8, 4) is 0 Å². The number of rotatable bonds is 1. The molecule has 0 radical (unpaired) electrons. The highest BCUT2D eigenvalue weighted by molar-refractivity contribution is 4.93. The lowest BCUT2D eigenvalue weighted by atomic mass is 10.1. The predicted molar refractivity (Wildman–Crippen MR) is 64.4 cm³/mol. The summed E-state index contributed by atoms with van der Waals surface area (Å²) in [5, 5.41) is 12.7. The maximum absolute atomic E-state index is 9.23. The maximum atomic E-state index is 9.23. The number of aliphatic hydroxyl groups excluding tert-OH is 1. The normalized spacial score (nSPS) is 46.5. The molecule has 5 nitrogen and oxygen atoms in total. The van der Waals surface area contributed by atoms with Crippen LogP contribution in [0.3, 0.4) is 0 Å². The Bertz CT molecular complexity index is 307. The van der Waals surface area contributed by atoms with Gasteiger partial charge in [-0.05, 0) is 43.1 Å². The van der Waals surface area contributed by atoms with Crippen LogP contribution < -0.4 is 0 Å². The molecule has 1 heterocycles. The van der Waals surface area contributed by atoms with Crippen molar-refractivity contribution in [2.75, 3.05) is 0 Å². The van der Waals surface area contributed by atoms with Crippen LogP contribution in [-0.2, 0) is 4.74 Å². The van der Waals surface area contributed by atoms with E-state index in [-0.39, 0.29) is 6.04 Å². The molecule has 1 unspecified atom stereocenters. The van der Waals surface area contributed by atoms with Gasteiger partial charge in [-0.25, -0.2) is 0 Å². The molecule has 1 saturated heterocycles. The Balaban J connectivity index is 0.000000134. The smallest absolute Gasteiger partial charge is 0.0844 e. The summed E-state index contributed by atoms with van der Waals surface area (Å²) >= 11 is 0. The van der Waals surface area contributed by atoms with Crippen LogP contribution in [0, 0.1) is 11.8 Å². The summed E-state index contributed by atoms with van der Waals surface area (Å²) < 4.78 is 5.22. The third-order valence-electron chi connectivity index (χ3n) is 3.89. The van der Waals surface area contributed by atoms with Crippen molar-refractivity contribution >= 4 is 0 Å². The van der Waals surface area contributed by atoms with E-state index in [1.165, 1.54) is 12.8 Å². The standard InChI is InChI=1S/C6H11N3O.C6H10O/c1-4-2-5(8-9-7)6(10)3-4;1-4-2-5-6(3-4)7-5/h4-6,10H,2-3H2,1H3;4-6H,2-3H2,1H3/t4-,5+,6+;4?,5-,6+/m1./s1. The van der Waals surface area contributed by atoms with Gasteiger partial charge in [-0.1, -0.05) is 19.0 Å². The minimum absolute atomic E-state index is 0.181. The van der Waals surface area contributed by atoms with Gasteiger partial charge in [0, 0.05) is 4.91 Å². The highest BCUT2D eigenvalue weighted by Crippen LogP contribution is 2.41. The van der Waals surface area contributed by atoms with Crippen LogP contribution in [0.2, 0.25) is 0 Å². The first-order valence-electron chi connectivity index (χ1n) is 6.48. The molecule has 0 aromatic carbocycles. The van der Waals surface area contributed by atoms with E-state index in [1.807, 2.05) is 0 Å². The third kappa shape index (κ3) is 3.35. The van der Waals surface area contributed by atoms with Crippen LogP contribution >= 0.6 is 0 Å². The summed E-state index contributed by atoms with van der Waals surface area (Å²) in [6, 6.07) is -0.181. The molecule has 3 aliphatic rings. The van der Waals surface area contributed by atoms with Gasteiger partial charge in [-0.2, -0.15) is 0 Å². The molecule has 5 heteroatoms. The van der Waals surface area contributed by atoms with Gasteiger partial charge in [-0.3, -0.25) is 0 Å². The molecular formula is C12H21N3O2. The summed E-state index contributed by atoms with van der Waals surface area (Å²) in [6.45, 7) is 4.35. The lowest BCUT2D eigenvalue weighted by molar-refractivity contribution is 0.162. The highest BCUT2D eigenvalue weighted by Gasteiger charge is 2.46. The van der Waals surface area contributed by atoms with E-state index in [4.69, 9.17) is 10.3 Å². The Hall–Kier alpha value is -0.770. The second kappa shape index (κ2) is 5.25. The van der Waals surface area contributed by atoms with Gasteiger partial charge in [0.1, 0.15) is 0 Å². The lowest BCUT2D eigenvalue weighted by Crippen LogP contribution is -2.15. The molecule has 2 saturated carbocycles. The van der Waals surface area contributed by atoms with Crippen molar-refractivity contribution in [1.82, 2.24) is 0 Å². The van der Waals surface area contributed by atoms with Crippen molar-refractivity contribution in [3.05, 3.63) is 10.4 Å². The van der Waals surface area contributed by atoms with Crippen molar-refractivity contribution in [2.24, 2.45) is 17.0 Å². The molecule has 6 atom stereocenters. The topological polar surface area (TPSA) is 81.5 Å². The summed E-state index contributed by atoms with van der Waals surface area (Å²) in [7, 11) is 0. The molecule has 0 aromatic heterocycles. The summed E-state index contributed by atoms with van der Waals surface area (Å²) in [5.41, 5.74) is 8.08. The van der Waals surface area contributed by atoms with Crippen LogP contribution in [0.1, 0.15) is 39.5 Å². The van der Waals surface area contributed by atoms with Gasteiger partial charge in [-0.15, -0.1) is 0 Å². The molecule has 17 heavy (non-hydrogen) atoms. The average Bonchev–Trinajstić information content (AvgIpc) is 2.73. The number of nitrogens with zero attached hydrogens (tertiary/aromatic N) is 3. The molecule has 0 aromatic rings. The summed E-state index contributed by atoms with van der Waals surface area (Å²) in [5.74, 6) is 1.44. The first-order chi connectivity index (χ1) is 8.10. The van der Waals surface area contributed by atoms with E-state index in [2.05, 4.69) is 23.9 Å². The lowest BCUT2D eigenvalue weighted by Gasteiger charge is -2.04. The molecule has 3 fully saturated rings. The molecule has 2 aliphatic carbocycles. The molecular weight excluding hydrogens is 218 g/mol. The Kier molecular flexibility index (Phi) is 3.92. The minimum atomic E-state index is -0.411. The number of aliphatic hydroxyl groups is 1. The van der Waals surface area contributed by atoms with Crippen LogP contribution in [0.25, 0.3) is 10.4 Å². The first kappa shape index (κ1) is 12.7. The van der Waals surface area contributed by atoms with Gasteiger partial charge < -0.3 is 9.84 Å². The number of hydrogen-bond donors (Lipinski definition) is 1. The van der Waals surface area contributed by atoms with Crippen LogP contribution in [-0.4, -0.2) is 29.5 Å². The molecule has 96 valence electrons. The number of epoxide rings is 1. The van der Waals surface area contributed by atoms with Gasteiger partial charge in [0.05, 0.1) is 24.4 Å². The average molecular weight is 239 g/mol. The molecule has 3 rings (SSSR count). The van der Waals surface area contributed by atoms with Gasteiger partial charge >= 0.3 is 0 Å². The largest absolute Gasteiger partial charge is 0.393 e. The van der Waals surface area contributed by atoms with Gasteiger partial charge in [0.2, 0.25) is 0 Å². The van der Waals surface area contributed by atoms with E-state index >= 15 is 0 Å². The number of azide groups is 1. The second-order valence-corrected chi connectivity index (χ2v) is 5.71. The third-order valence-corrected chi connectivity index (χ3v) is 3.89. The van der Waals surface area contributed by atoms with E-state index in [0.29, 0.717) is 18.1 Å². The zero-order valence-corrected chi connectivity index (χ0v) is 10.5. The fourth-order valence-corrected chi connectivity index (χ4v) is 2.91. The van der Waals surface area contributed by atoms with E-state index in [0.717, 1.165) is 18.8 Å². The van der Waals surface area contributed by atoms with Crippen molar-refractivity contribution in [3.63, 3.8) is 0 Å². The summed E-state index contributed by atoms with van der Waals surface area (Å²) in [6.07, 6.45) is 5.21. The van der Waals surface area contributed by atoms with Crippen molar-refractivity contribution in [2.45, 2.75) is 63.9 Å². The predicted octanol–water partition coefficient (Wildman–Crippen LogP) is 2.64.